The first-order chi connectivity index (χ1) is 9.79. The van der Waals surface area contributed by atoms with Crippen molar-refractivity contribution in [3.8, 4) is 0 Å². The summed E-state index contributed by atoms with van der Waals surface area (Å²) in [6.45, 7) is 5.05. The van der Waals surface area contributed by atoms with Gasteiger partial charge in [0.1, 0.15) is 0 Å². The van der Waals surface area contributed by atoms with E-state index in [0.29, 0.717) is 0 Å². The van der Waals surface area contributed by atoms with Gasteiger partial charge in [-0.05, 0) is 47.4 Å². The lowest BCUT2D eigenvalue weighted by molar-refractivity contribution is 0.636. The van der Waals surface area contributed by atoms with Crippen molar-refractivity contribution in [3.05, 3.63) is 58.6 Å². The Labute approximate surface area is 122 Å². The molecule has 1 aromatic heterocycles. The molecule has 1 unspecified atom stereocenters. The van der Waals surface area contributed by atoms with E-state index in [1.165, 1.54) is 32.7 Å². The molecule has 0 aliphatic heterocycles. The van der Waals surface area contributed by atoms with Crippen LogP contribution in [0.2, 0.25) is 0 Å². The second kappa shape index (κ2) is 5.69. The molecule has 1 atom stereocenters. The van der Waals surface area contributed by atoms with Gasteiger partial charge in [-0.3, -0.25) is 0 Å². The first-order valence-corrected chi connectivity index (χ1v) is 7.58. The molecule has 2 aromatic carbocycles. The highest BCUT2D eigenvalue weighted by Gasteiger charge is 2.18. The van der Waals surface area contributed by atoms with Gasteiger partial charge in [0.25, 0.3) is 0 Å². The first-order valence-electron chi connectivity index (χ1n) is 6.80. The van der Waals surface area contributed by atoms with Gasteiger partial charge in [0, 0.05) is 0 Å². The summed E-state index contributed by atoms with van der Waals surface area (Å²) in [5, 5.41) is 10.2. The molecule has 0 aliphatic rings. The lowest BCUT2D eigenvalue weighted by Crippen LogP contribution is -2.21. The van der Waals surface area contributed by atoms with Gasteiger partial charge < -0.3 is 5.32 Å². The molecule has 102 valence electrons. The first kappa shape index (κ1) is 13.2. The van der Waals surface area contributed by atoms with E-state index in [1.54, 1.807) is 0 Å². The molecule has 1 heterocycles. The molecular weight excluding hydrogens is 266 g/mol. The van der Waals surface area contributed by atoms with Crippen LogP contribution in [0.3, 0.4) is 0 Å². The van der Waals surface area contributed by atoms with Crippen molar-refractivity contribution >= 4 is 22.3 Å². The zero-order chi connectivity index (χ0) is 13.9. The van der Waals surface area contributed by atoms with Crippen LogP contribution in [0.25, 0.3) is 10.8 Å². The predicted octanol–water partition coefficient (Wildman–Crippen LogP) is 3.70. The van der Waals surface area contributed by atoms with Crippen LogP contribution in [0, 0.1) is 6.92 Å². The number of nitrogens with zero attached hydrogens (tertiary/aromatic N) is 2. The Hall–Kier alpha value is -1.78. The number of aryl methyl sites for hydroxylation is 1. The lowest BCUT2D eigenvalue weighted by atomic mass is 10.00. The fourth-order valence-electron chi connectivity index (χ4n) is 2.46. The monoisotopic (exact) mass is 283 g/mol. The molecule has 0 amide bonds. The Bertz CT molecular complexity index is 720. The highest BCUT2D eigenvalue weighted by molar-refractivity contribution is 7.05. The molecule has 3 rings (SSSR count). The molecule has 3 nitrogen and oxygen atoms in total. The van der Waals surface area contributed by atoms with Gasteiger partial charge in [-0.1, -0.05) is 47.8 Å². The number of nitrogens with one attached hydrogen (secondary N) is 1. The summed E-state index contributed by atoms with van der Waals surface area (Å²) in [7, 11) is 0. The largest absolute Gasteiger partial charge is 0.306 e. The van der Waals surface area contributed by atoms with Crippen LogP contribution in [0.5, 0.6) is 0 Å². The minimum atomic E-state index is 0.171. The lowest BCUT2D eigenvalue weighted by Gasteiger charge is -2.17. The maximum absolute atomic E-state index is 4.14. The molecule has 4 heteroatoms. The van der Waals surface area contributed by atoms with E-state index in [2.05, 4.69) is 64.3 Å². The standard InChI is InChI=1S/C16H17N3S/c1-3-17-15(16-11(2)18-19-20-16)14-9-8-12-6-4-5-7-13(12)10-14/h4-10,15,17H,3H2,1-2H3. The molecule has 0 spiro atoms. The Morgan fingerprint density at radius 2 is 1.95 bits per heavy atom. The predicted molar refractivity (Wildman–Crippen MR) is 84.1 cm³/mol. The maximum Gasteiger partial charge on any atom is 0.0776 e. The van der Waals surface area contributed by atoms with Crippen LogP contribution < -0.4 is 5.32 Å². The number of benzene rings is 2. The van der Waals surface area contributed by atoms with Gasteiger partial charge in [0.2, 0.25) is 0 Å². The van der Waals surface area contributed by atoms with E-state index in [1.807, 2.05) is 6.92 Å². The quantitative estimate of drug-likeness (QED) is 0.793. The minimum absolute atomic E-state index is 0.171. The zero-order valence-electron chi connectivity index (χ0n) is 11.6. The van der Waals surface area contributed by atoms with Crippen LogP contribution >= 0.6 is 11.5 Å². The Kier molecular flexibility index (Phi) is 3.76. The van der Waals surface area contributed by atoms with Crippen molar-refractivity contribution in [3.63, 3.8) is 0 Å². The Morgan fingerprint density at radius 3 is 2.65 bits per heavy atom. The molecule has 0 fully saturated rings. The summed E-state index contributed by atoms with van der Waals surface area (Å²) in [6.07, 6.45) is 0. The molecule has 0 radical (unpaired) electrons. The van der Waals surface area contributed by atoms with E-state index in [0.717, 1.165) is 12.2 Å². The zero-order valence-corrected chi connectivity index (χ0v) is 12.4. The van der Waals surface area contributed by atoms with Gasteiger partial charge in [0.15, 0.2) is 0 Å². The van der Waals surface area contributed by atoms with Crippen molar-refractivity contribution in [1.82, 2.24) is 14.9 Å². The smallest absolute Gasteiger partial charge is 0.0776 e. The van der Waals surface area contributed by atoms with Crippen LogP contribution in [-0.2, 0) is 0 Å². The second-order valence-corrected chi connectivity index (χ2v) is 5.61. The average Bonchev–Trinajstić information content (AvgIpc) is 2.90. The van der Waals surface area contributed by atoms with Crippen molar-refractivity contribution in [2.24, 2.45) is 0 Å². The number of rotatable bonds is 4. The summed E-state index contributed by atoms with van der Waals surface area (Å²) in [4.78, 5) is 1.20. The number of hydrogen-bond donors (Lipinski definition) is 1. The topological polar surface area (TPSA) is 37.8 Å². The Morgan fingerprint density at radius 1 is 1.15 bits per heavy atom. The van der Waals surface area contributed by atoms with E-state index >= 15 is 0 Å². The summed E-state index contributed by atoms with van der Waals surface area (Å²) >= 11 is 1.47. The van der Waals surface area contributed by atoms with Crippen molar-refractivity contribution in [2.75, 3.05) is 6.54 Å². The van der Waals surface area contributed by atoms with Crippen LogP contribution in [-0.4, -0.2) is 16.1 Å². The van der Waals surface area contributed by atoms with E-state index in [9.17, 15) is 0 Å². The Balaban J connectivity index is 2.07. The third-order valence-corrected chi connectivity index (χ3v) is 4.35. The SMILES string of the molecule is CCNC(c1ccc2ccccc2c1)c1snnc1C. The number of hydrogen-bond acceptors (Lipinski definition) is 4. The normalized spacial score (nSPS) is 12.7. The molecule has 0 saturated heterocycles. The maximum atomic E-state index is 4.14. The van der Waals surface area contributed by atoms with Crippen molar-refractivity contribution in [2.45, 2.75) is 19.9 Å². The van der Waals surface area contributed by atoms with Crippen molar-refractivity contribution < 1.29 is 0 Å². The van der Waals surface area contributed by atoms with E-state index in [4.69, 9.17) is 0 Å². The third-order valence-electron chi connectivity index (χ3n) is 3.46. The second-order valence-electron chi connectivity index (χ2n) is 4.82. The highest BCUT2D eigenvalue weighted by atomic mass is 32.1. The van der Waals surface area contributed by atoms with E-state index in [-0.39, 0.29) is 6.04 Å². The summed E-state index contributed by atoms with van der Waals surface area (Å²) in [6, 6.07) is 15.2. The molecule has 20 heavy (non-hydrogen) atoms. The molecule has 3 aromatic rings. The summed E-state index contributed by atoms with van der Waals surface area (Å²) < 4.78 is 4.06. The fourth-order valence-corrected chi connectivity index (χ4v) is 3.20. The van der Waals surface area contributed by atoms with Gasteiger partial charge >= 0.3 is 0 Å². The van der Waals surface area contributed by atoms with Gasteiger partial charge in [-0.2, -0.15) is 0 Å². The van der Waals surface area contributed by atoms with Gasteiger partial charge in [-0.25, -0.2) is 0 Å². The van der Waals surface area contributed by atoms with Crippen molar-refractivity contribution in [1.29, 1.82) is 0 Å². The van der Waals surface area contributed by atoms with Crippen LogP contribution in [0.15, 0.2) is 42.5 Å². The fraction of sp³-hybridized carbons (Fsp3) is 0.250. The van der Waals surface area contributed by atoms with Gasteiger partial charge in [-0.15, -0.1) is 5.10 Å². The van der Waals surface area contributed by atoms with Gasteiger partial charge in [0.05, 0.1) is 16.6 Å². The number of fused-ring (bicyclic) bond motifs is 1. The minimum Gasteiger partial charge on any atom is -0.306 e. The molecule has 0 bridgehead atoms. The highest BCUT2D eigenvalue weighted by Crippen LogP contribution is 2.28. The average molecular weight is 283 g/mol. The van der Waals surface area contributed by atoms with Crippen LogP contribution in [0.4, 0.5) is 0 Å². The third kappa shape index (κ3) is 2.44. The van der Waals surface area contributed by atoms with E-state index < -0.39 is 0 Å². The summed E-state index contributed by atoms with van der Waals surface area (Å²) in [5.74, 6) is 0. The molecular formula is C16H17N3S. The molecule has 0 saturated carbocycles. The number of aromatic nitrogens is 2. The van der Waals surface area contributed by atoms with Crippen LogP contribution in [0.1, 0.15) is 29.1 Å². The summed E-state index contributed by atoms with van der Waals surface area (Å²) in [5.41, 5.74) is 2.27. The molecule has 1 N–H and O–H groups in total. The molecule has 0 aliphatic carbocycles.